The zero-order valence-corrected chi connectivity index (χ0v) is 12.0. The van der Waals surface area contributed by atoms with Gasteiger partial charge in [0.05, 0.1) is 23.7 Å². The molecule has 1 aromatic carbocycles. The minimum atomic E-state index is -3.94. The number of benzene rings is 1. The van der Waals surface area contributed by atoms with Crippen LogP contribution in [0.5, 0.6) is 0 Å². The molecule has 0 bridgehead atoms. The van der Waals surface area contributed by atoms with E-state index < -0.39 is 9.05 Å². The number of aryl methyl sites for hydroxylation is 1. The summed E-state index contributed by atoms with van der Waals surface area (Å²) in [5, 5.41) is 0. The average Bonchev–Trinajstić information content (AvgIpc) is 2.37. The van der Waals surface area contributed by atoms with Crippen LogP contribution in [0.2, 0.25) is 0 Å². The summed E-state index contributed by atoms with van der Waals surface area (Å²) in [5.41, 5.74) is 0.928. The van der Waals surface area contributed by atoms with Crippen LogP contribution in [0.25, 0.3) is 0 Å². The number of amides is 1. The molecule has 1 amide bonds. The van der Waals surface area contributed by atoms with Crippen LogP contribution in [0, 0.1) is 6.92 Å². The van der Waals surface area contributed by atoms with Crippen molar-refractivity contribution < 1.29 is 17.9 Å². The summed E-state index contributed by atoms with van der Waals surface area (Å²) in [6, 6.07) is 4.53. The molecule has 0 atom stereocenters. The molecule has 1 aliphatic rings. The van der Waals surface area contributed by atoms with Gasteiger partial charge in [0.2, 0.25) is 0 Å². The number of hydrogen-bond donors (Lipinski definition) is 0. The van der Waals surface area contributed by atoms with Gasteiger partial charge in [0.1, 0.15) is 0 Å². The maximum Gasteiger partial charge on any atom is 0.262 e. The van der Waals surface area contributed by atoms with Crippen LogP contribution in [0.1, 0.15) is 15.9 Å². The molecule has 1 aliphatic heterocycles. The van der Waals surface area contributed by atoms with Crippen LogP contribution in [-0.4, -0.2) is 45.5 Å². The highest BCUT2D eigenvalue weighted by atomic mass is 35.7. The van der Waals surface area contributed by atoms with E-state index >= 15 is 0 Å². The molecule has 0 radical (unpaired) electrons. The molecule has 5 nitrogen and oxygen atoms in total. The van der Waals surface area contributed by atoms with Crippen molar-refractivity contribution in [3.8, 4) is 0 Å². The SMILES string of the molecule is Cc1ccc(S(=O)(=O)Cl)c(C(=O)N2CCOCC2)c1. The lowest BCUT2D eigenvalue weighted by Crippen LogP contribution is -2.41. The molecular weight excluding hydrogens is 290 g/mol. The number of morpholine rings is 1. The Morgan fingerprint density at radius 1 is 1.32 bits per heavy atom. The van der Waals surface area contributed by atoms with Crippen LogP contribution in [0.4, 0.5) is 0 Å². The van der Waals surface area contributed by atoms with Crippen molar-refractivity contribution >= 4 is 25.6 Å². The highest BCUT2D eigenvalue weighted by Gasteiger charge is 2.25. The van der Waals surface area contributed by atoms with Gasteiger partial charge >= 0.3 is 0 Å². The molecule has 104 valence electrons. The normalized spacial score (nSPS) is 16.4. The average molecular weight is 304 g/mol. The Bertz CT molecular complexity index is 594. The van der Waals surface area contributed by atoms with Crippen LogP contribution in [-0.2, 0) is 13.8 Å². The molecule has 0 saturated carbocycles. The molecule has 2 rings (SSSR count). The van der Waals surface area contributed by atoms with Crippen LogP contribution >= 0.6 is 10.7 Å². The standard InChI is InChI=1S/C12H14ClNO4S/c1-9-2-3-11(19(13,16)17)10(8-9)12(15)14-4-6-18-7-5-14/h2-3,8H,4-7H2,1H3. The van der Waals surface area contributed by atoms with E-state index in [1.807, 2.05) is 0 Å². The van der Waals surface area contributed by atoms with E-state index in [1.165, 1.54) is 6.07 Å². The Kier molecular flexibility index (Phi) is 4.13. The molecule has 1 heterocycles. The summed E-state index contributed by atoms with van der Waals surface area (Å²) >= 11 is 0. The fraction of sp³-hybridized carbons (Fsp3) is 0.417. The Balaban J connectivity index is 2.42. The second kappa shape index (κ2) is 5.48. The van der Waals surface area contributed by atoms with E-state index in [0.29, 0.717) is 26.3 Å². The van der Waals surface area contributed by atoms with E-state index in [2.05, 4.69) is 0 Å². The first kappa shape index (κ1) is 14.3. The molecule has 0 spiro atoms. The summed E-state index contributed by atoms with van der Waals surface area (Å²) in [6.07, 6.45) is 0. The van der Waals surface area contributed by atoms with Crippen molar-refractivity contribution in [1.82, 2.24) is 4.90 Å². The lowest BCUT2D eigenvalue weighted by molar-refractivity contribution is 0.0300. The lowest BCUT2D eigenvalue weighted by atomic mass is 10.1. The molecule has 1 saturated heterocycles. The minimum Gasteiger partial charge on any atom is -0.378 e. The van der Waals surface area contributed by atoms with Gasteiger partial charge in [-0.1, -0.05) is 11.6 Å². The van der Waals surface area contributed by atoms with Gasteiger partial charge in [0.25, 0.3) is 15.0 Å². The molecule has 0 N–H and O–H groups in total. The topological polar surface area (TPSA) is 63.7 Å². The number of nitrogens with zero attached hydrogens (tertiary/aromatic N) is 1. The van der Waals surface area contributed by atoms with Gasteiger partial charge in [-0.15, -0.1) is 0 Å². The molecule has 0 aliphatic carbocycles. The van der Waals surface area contributed by atoms with Crippen LogP contribution < -0.4 is 0 Å². The monoisotopic (exact) mass is 303 g/mol. The fourth-order valence-electron chi connectivity index (χ4n) is 1.96. The Labute approximate surface area is 116 Å². The third-order valence-corrected chi connectivity index (χ3v) is 4.31. The molecule has 0 aromatic heterocycles. The van der Waals surface area contributed by atoms with Crippen molar-refractivity contribution in [3.05, 3.63) is 29.3 Å². The van der Waals surface area contributed by atoms with Gasteiger partial charge in [-0.05, 0) is 19.1 Å². The quantitative estimate of drug-likeness (QED) is 0.775. The molecule has 7 heteroatoms. The van der Waals surface area contributed by atoms with Crippen LogP contribution in [0.15, 0.2) is 23.1 Å². The second-order valence-corrected chi connectivity index (χ2v) is 6.88. The molecule has 1 fully saturated rings. The van der Waals surface area contributed by atoms with Crippen molar-refractivity contribution in [3.63, 3.8) is 0 Å². The van der Waals surface area contributed by atoms with Crippen molar-refractivity contribution in [2.45, 2.75) is 11.8 Å². The van der Waals surface area contributed by atoms with E-state index in [1.54, 1.807) is 24.0 Å². The number of halogens is 1. The highest BCUT2D eigenvalue weighted by Crippen LogP contribution is 2.23. The maximum absolute atomic E-state index is 12.4. The zero-order chi connectivity index (χ0) is 14.0. The third-order valence-electron chi connectivity index (χ3n) is 2.93. The molecule has 19 heavy (non-hydrogen) atoms. The van der Waals surface area contributed by atoms with Gasteiger partial charge in [0, 0.05) is 23.8 Å². The smallest absolute Gasteiger partial charge is 0.262 e. The predicted molar refractivity (Wildman–Crippen MR) is 70.9 cm³/mol. The van der Waals surface area contributed by atoms with Crippen molar-refractivity contribution in [2.75, 3.05) is 26.3 Å². The van der Waals surface area contributed by atoms with Gasteiger partial charge in [0.15, 0.2) is 0 Å². The van der Waals surface area contributed by atoms with E-state index in [4.69, 9.17) is 15.4 Å². The van der Waals surface area contributed by atoms with Gasteiger partial charge in [-0.25, -0.2) is 8.42 Å². The number of carbonyl (C=O) groups excluding carboxylic acids is 1. The largest absolute Gasteiger partial charge is 0.378 e. The minimum absolute atomic E-state index is 0.122. The zero-order valence-electron chi connectivity index (χ0n) is 10.4. The van der Waals surface area contributed by atoms with Crippen LogP contribution in [0.3, 0.4) is 0 Å². The van der Waals surface area contributed by atoms with E-state index in [-0.39, 0.29) is 16.4 Å². The first-order valence-electron chi connectivity index (χ1n) is 5.82. The Morgan fingerprint density at radius 2 is 1.95 bits per heavy atom. The first-order chi connectivity index (χ1) is 8.89. The second-order valence-electron chi connectivity index (χ2n) is 4.34. The number of hydrogen-bond acceptors (Lipinski definition) is 4. The summed E-state index contributed by atoms with van der Waals surface area (Å²) in [7, 11) is 1.44. The van der Waals surface area contributed by atoms with Gasteiger partial charge in [-0.2, -0.15) is 0 Å². The number of rotatable bonds is 2. The first-order valence-corrected chi connectivity index (χ1v) is 8.13. The van der Waals surface area contributed by atoms with E-state index in [0.717, 1.165) is 5.56 Å². The number of carbonyl (C=O) groups is 1. The Hall–Kier alpha value is -1.11. The predicted octanol–water partition coefficient (Wildman–Crippen LogP) is 1.39. The maximum atomic E-state index is 12.4. The summed E-state index contributed by atoms with van der Waals surface area (Å²) in [6.45, 7) is 3.62. The fourth-order valence-corrected chi connectivity index (χ4v) is 3.00. The lowest BCUT2D eigenvalue weighted by Gasteiger charge is -2.27. The van der Waals surface area contributed by atoms with Gasteiger partial charge in [-0.3, -0.25) is 4.79 Å². The summed E-state index contributed by atoms with van der Waals surface area (Å²) < 4.78 is 28.2. The molecular formula is C12H14ClNO4S. The highest BCUT2D eigenvalue weighted by molar-refractivity contribution is 8.13. The van der Waals surface area contributed by atoms with Gasteiger partial charge < -0.3 is 9.64 Å². The van der Waals surface area contributed by atoms with Crippen molar-refractivity contribution in [1.29, 1.82) is 0 Å². The summed E-state index contributed by atoms with van der Waals surface area (Å²) in [4.78, 5) is 13.8. The summed E-state index contributed by atoms with van der Waals surface area (Å²) in [5.74, 6) is -0.328. The third kappa shape index (κ3) is 3.26. The number of ether oxygens (including phenoxy) is 1. The molecule has 0 unspecified atom stereocenters. The van der Waals surface area contributed by atoms with Crippen molar-refractivity contribution in [2.24, 2.45) is 0 Å². The van der Waals surface area contributed by atoms with E-state index in [9.17, 15) is 13.2 Å². The molecule has 1 aromatic rings. The Morgan fingerprint density at radius 3 is 2.53 bits per heavy atom.